The Morgan fingerprint density at radius 3 is 2.69 bits per heavy atom. The molecule has 4 rings (SSSR count). The number of carbonyl (C=O) groups is 1. The highest BCUT2D eigenvalue weighted by molar-refractivity contribution is 6.31. The molecule has 7 heteroatoms. The van der Waals surface area contributed by atoms with E-state index in [1.54, 1.807) is 6.20 Å². The van der Waals surface area contributed by atoms with E-state index in [0.717, 1.165) is 35.3 Å². The van der Waals surface area contributed by atoms with Gasteiger partial charge < -0.3 is 10.2 Å². The number of halogens is 1. The molecule has 188 valence electrons. The van der Waals surface area contributed by atoms with Gasteiger partial charge in [-0.25, -0.2) is 9.67 Å². The number of carbonyl (C=O) groups excluding carboxylic acids is 1. The van der Waals surface area contributed by atoms with Gasteiger partial charge in [-0.15, -0.1) is 0 Å². The van der Waals surface area contributed by atoms with Gasteiger partial charge in [0.05, 0.1) is 22.8 Å². The lowest BCUT2D eigenvalue weighted by Gasteiger charge is -2.17. The molecule has 2 heterocycles. The normalized spacial score (nSPS) is 11.5. The van der Waals surface area contributed by atoms with Gasteiger partial charge in [0.15, 0.2) is 5.65 Å². The molecule has 0 saturated carbocycles. The lowest BCUT2D eigenvalue weighted by molar-refractivity contribution is 0.0952. The van der Waals surface area contributed by atoms with E-state index in [2.05, 4.69) is 61.3 Å². The first kappa shape index (κ1) is 25.9. The average Bonchev–Trinajstić information content (AvgIpc) is 3.31. The van der Waals surface area contributed by atoms with E-state index in [1.807, 2.05) is 41.1 Å². The lowest BCUT2D eigenvalue weighted by Crippen LogP contribution is -2.23. The van der Waals surface area contributed by atoms with Gasteiger partial charge in [0, 0.05) is 29.7 Å². The zero-order chi connectivity index (χ0) is 25.7. The highest BCUT2D eigenvalue weighted by Crippen LogP contribution is 2.27. The molecule has 2 aromatic heterocycles. The zero-order valence-corrected chi connectivity index (χ0v) is 22.2. The Kier molecular flexibility index (Phi) is 8.39. The maximum atomic E-state index is 13.4. The molecule has 1 amide bonds. The number of unbranched alkanes of at least 4 members (excludes halogenated alkanes) is 1. The van der Waals surface area contributed by atoms with Gasteiger partial charge >= 0.3 is 0 Å². The average molecular weight is 504 g/mol. The molecule has 0 aliphatic carbocycles. The number of aromatic nitrogens is 3. The fourth-order valence-corrected chi connectivity index (χ4v) is 4.49. The fraction of sp³-hybridized carbons (Fsp3) is 0.345. The number of hydrogen-bond acceptors (Lipinski definition) is 4. The summed E-state index contributed by atoms with van der Waals surface area (Å²) in [6, 6.07) is 17.9. The van der Waals surface area contributed by atoms with Crippen molar-refractivity contribution in [1.82, 2.24) is 25.0 Å². The molecule has 0 radical (unpaired) electrons. The van der Waals surface area contributed by atoms with Gasteiger partial charge in [0.2, 0.25) is 0 Å². The van der Waals surface area contributed by atoms with Crippen LogP contribution in [0, 0.1) is 0 Å². The molecule has 4 aromatic rings. The maximum Gasteiger partial charge on any atom is 0.252 e. The van der Waals surface area contributed by atoms with Gasteiger partial charge in [0.1, 0.15) is 0 Å². The Morgan fingerprint density at radius 1 is 1.14 bits per heavy atom. The summed E-state index contributed by atoms with van der Waals surface area (Å²) in [5.41, 5.74) is 5.09. The first-order valence-corrected chi connectivity index (χ1v) is 12.9. The van der Waals surface area contributed by atoms with E-state index < -0.39 is 0 Å². The highest BCUT2D eigenvalue weighted by Gasteiger charge is 2.19. The minimum absolute atomic E-state index is 0.114. The summed E-state index contributed by atoms with van der Waals surface area (Å²) >= 11 is 6.29. The molecule has 0 aliphatic heterocycles. The van der Waals surface area contributed by atoms with Crippen LogP contribution in [-0.4, -0.2) is 39.2 Å². The van der Waals surface area contributed by atoms with Crippen molar-refractivity contribution in [3.05, 3.63) is 82.5 Å². The van der Waals surface area contributed by atoms with E-state index in [0.29, 0.717) is 22.8 Å². The minimum Gasteiger partial charge on any atom is -0.348 e. The Labute approximate surface area is 218 Å². The number of rotatable bonds is 10. The molecule has 0 saturated heterocycles. The van der Waals surface area contributed by atoms with Crippen LogP contribution in [-0.2, 0) is 13.1 Å². The van der Waals surface area contributed by atoms with Crippen LogP contribution in [0.15, 0.2) is 60.8 Å². The summed E-state index contributed by atoms with van der Waals surface area (Å²) in [4.78, 5) is 20.7. The van der Waals surface area contributed by atoms with Gasteiger partial charge in [0.25, 0.3) is 5.91 Å². The van der Waals surface area contributed by atoms with Gasteiger partial charge in [-0.05, 0) is 63.2 Å². The third-order valence-corrected chi connectivity index (χ3v) is 6.64. The van der Waals surface area contributed by atoms with Crippen LogP contribution < -0.4 is 5.32 Å². The highest BCUT2D eigenvalue weighted by atomic mass is 35.5. The topological polar surface area (TPSA) is 63.1 Å². The van der Waals surface area contributed by atoms with Crippen LogP contribution >= 0.6 is 11.6 Å². The van der Waals surface area contributed by atoms with Crippen molar-refractivity contribution in [2.45, 2.75) is 52.7 Å². The summed E-state index contributed by atoms with van der Waals surface area (Å²) in [7, 11) is 2.15. The number of nitrogens with zero attached hydrogens (tertiary/aromatic N) is 4. The fourth-order valence-electron chi connectivity index (χ4n) is 4.29. The molecule has 2 aromatic carbocycles. The number of fused-ring (bicyclic) bond motifs is 1. The molecule has 6 nitrogen and oxygen atoms in total. The Bertz CT molecular complexity index is 1350. The van der Waals surface area contributed by atoms with Crippen molar-refractivity contribution in [3.8, 4) is 11.3 Å². The standard InChI is InChI=1S/C29H34ClN5O/c1-5-6-14-34(4)19-21-10-9-12-22(15-21)27-16-24(25-18-32-35(20(2)3)28(25)33-27)29(36)31-17-23-11-7-8-13-26(23)30/h7-13,15-16,18,20H,5-6,14,17,19H2,1-4H3,(H,31,36). The monoisotopic (exact) mass is 503 g/mol. The van der Waals surface area contributed by atoms with Crippen molar-refractivity contribution in [1.29, 1.82) is 0 Å². The SMILES string of the molecule is CCCCN(C)Cc1cccc(-c2cc(C(=O)NCc3ccccc3Cl)c3cnn(C(C)C)c3n2)c1. The van der Waals surface area contributed by atoms with Crippen molar-refractivity contribution < 1.29 is 4.79 Å². The summed E-state index contributed by atoms with van der Waals surface area (Å²) in [6.45, 7) is 8.60. The summed E-state index contributed by atoms with van der Waals surface area (Å²) in [6.07, 6.45) is 4.09. The molecule has 0 bridgehead atoms. The predicted molar refractivity (Wildman–Crippen MR) is 147 cm³/mol. The number of amides is 1. The van der Waals surface area contributed by atoms with Crippen LogP contribution in [0.2, 0.25) is 5.02 Å². The molecule has 0 fully saturated rings. The first-order chi connectivity index (χ1) is 17.4. The number of benzene rings is 2. The van der Waals surface area contributed by atoms with E-state index >= 15 is 0 Å². The quantitative estimate of drug-likeness (QED) is 0.268. The minimum atomic E-state index is -0.178. The van der Waals surface area contributed by atoms with Crippen LogP contribution in [0.4, 0.5) is 0 Å². The molecule has 0 aliphatic rings. The maximum absolute atomic E-state index is 13.4. The van der Waals surface area contributed by atoms with Gasteiger partial charge in [-0.2, -0.15) is 5.10 Å². The largest absolute Gasteiger partial charge is 0.348 e. The molecule has 36 heavy (non-hydrogen) atoms. The lowest BCUT2D eigenvalue weighted by atomic mass is 10.0. The molecule has 0 spiro atoms. The van der Waals surface area contributed by atoms with Crippen molar-refractivity contribution >= 4 is 28.5 Å². The van der Waals surface area contributed by atoms with Crippen LogP contribution in [0.1, 0.15) is 61.1 Å². The van der Waals surface area contributed by atoms with Crippen molar-refractivity contribution in [2.75, 3.05) is 13.6 Å². The summed E-state index contributed by atoms with van der Waals surface area (Å²) < 4.78 is 1.87. The third kappa shape index (κ3) is 5.94. The van der Waals surface area contributed by atoms with Gasteiger partial charge in [-0.3, -0.25) is 4.79 Å². The molecule has 0 unspecified atom stereocenters. The molecule has 0 atom stereocenters. The number of nitrogens with one attached hydrogen (secondary N) is 1. The van der Waals surface area contributed by atoms with Crippen molar-refractivity contribution in [2.24, 2.45) is 0 Å². The van der Waals surface area contributed by atoms with E-state index in [9.17, 15) is 4.79 Å². The molecular formula is C29H34ClN5O. The second kappa shape index (κ2) is 11.7. The first-order valence-electron chi connectivity index (χ1n) is 12.5. The van der Waals surface area contributed by atoms with E-state index in [4.69, 9.17) is 16.6 Å². The smallest absolute Gasteiger partial charge is 0.252 e. The van der Waals surface area contributed by atoms with E-state index in [1.165, 1.54) is 18.4 Å². The van der Waals surface area contributed by atoms with Crippen LogP contribution in [0.25, 0.3) is 22.3 Å². The molecule has 1 N–H and O–H groups in total. The zero-order valence-electron chi connectivity index (χ0n) is 21.5. The third-order valence-electron chi connectivity index (χ3n) is 6.27. The second-order valence-corrected chi connectivity index (χ2v) is 9.95. The second-order valence-electron chi connectivity index (χ2n) is 9.54. The summed E-state index contributed by atoms with van der Waals surface area (Å²) in [5, 5.41) is 8.93. The Hall–Kier alpha value is -3.22. The van der Waals surface area contributed by atoms with Crippen LogP contribution in [0.5, 0.6) is 0 Å². The van der Waals surface area contributed by atoms with E-state index in [-0.39, 0.29) is 11.9 Å². The van der Waals surface area contributed by atoms with Crippen LogP contribution in [0.3, 0.4) is 0 Å². The predicted octanol–water partition coefficient (Wildman–Crippen LogP) is 6.49. The Morgan fingerprint density at radius 2 is 1.94 bits per heavy atom. The molecular weight excluding hydrogens is 470 g/mol. The summed E-state index contributed by atoms with van der Waals surface area (Å²) in [5.74, 6) is -0.178. The number of hydrogen-bond donors (Lipinski definition) is 1. The Balaban J connectivity index is 1.69. The number of pyridine rings is 1. The van der Waals surface area contributed by atoms with Gasteiger partial charge in [-0.1, -0.05) is 61.3 Å². The van der Waals surface area contributed by atoms with Crippen molar-refractivity contribution in [3.63, 3.8) is 0 Å².